The summed E-state index contributed by atoms with van der Waals surface area (Å²) in [6.07, 6.45) is 1.87. The van der Waals surface area contributed by atoms with Crippen molar-refractivity contribution in [3.05, 3.63) is 52.1 Å². The Morgan fingerprint density at radius 3 is 2.65 bits per heavy atom. The van der Waals surface area contributed by atoms with Gasteiger partial charge >= 0.3 is 5.69 Å². The number of nitrogens with zero attached hydrogens (tertiary/aromatic N) is 6. The van der Waals surface area contributed by atoms with E-state index < -0.39 is 0 Å². The van der Waals surface area contributed by atoms with Crippen LogP contribution >= 0.6 is 11.8 Å². The molecule has 8 nitrogen and oxygen atoms in total. The molecule has 0 amide bonds. The normalized spacial score (nSPS) is 11.1. The van der Waals surface area contributed by atoms with Gasteiger partial charge in [-0.25, -0.2) is 4.79 Å². The summed E-state index contributed by atoms with van der Waals surface area (Å²) in [5, 5.41) is 22.4. The Kier molecular flexibility index (Phi) is 4.30. The maximum atomic E-state index is 12.1. The molecule has 2 heterocycles. The van der Waals surface area contributed by atoms with Crippen LogP contribution in [0.4, 0.5) is 0 Å². The van der Waals surface area contributed by atoms with E-state index in [2.05, 4.69) is 15.5 Å². The average molecular weight is 332 g/mol. The van der Waals surface area contributed by atoms with Gasteiger partial charge in [0.2, 0.25) is 0 Å². The first kappa shape index (κ1) is 15.5. The van der Waals surface area contributed by atoms with Gasteiger partial charge in [0.15, 0.2) is 0 Å². The Hall–Kier alpha value is -2.39. The summed E-state index contributed by atoms with van der Waals surface area (Å²) in [6.45, 7) is -0.110. The van der Waals surface area contributed by atoms with Crippen LogP contribution in [0.3, 0.4) is 0 Å². The van der Waals surface area contributed by atoms with Crippen molar-refractivity contribution in [1.29, 1.82) is 0 Å². The SMILES string of the molecule is Cn1ccc(SCc2c(CO)cccc2-n2nnn(C)c2=O)n1. The second kappa shape index (κ2) is 6.39. The van der Waals surface area contributed by atoms with Gasteiger partial charge in [-0.2, -0.15) is 14.5 Å². The molecule has 0 aliphatic carbocycles. The predicted molar refractivity (Wildman–Crippen MR) is 85.3 cm³/mol. The van der Waals surface area contributed by atoms with Crippen molar-refractivity contribution in [2.45, 2.75) is 17.4 Å². The standard InChI is InChI=1S/C14H16N6O2S/c1-18-7-6-13(15-18)23-9-11-10(8-21)4-3-5-12(11)20-14(22)19(2)16-17-20/h3-7,21H,8-9H2,1-2H3. The minimum atomic E-state index is -0.329. The fourth-order valence-electron chi connectivity index (χ4n) is 2.22. The lowest BCUT2D eigenvalue weighted by molar-refractivity contribution is 0.281. The van der Waals surface area contributed by atoms with Crippen LogP contribution in [0, 0.1) is 0 Å². The molecule has 0 aliphatic heterocycles. The molecule has 0 fully saturated rings. The molecule has 9 heteroatoms. The monoisotopic (exact) mass is 332 g/mol. The largest absolute Gasteiger partial charge is 0.392 e. The first-order valence-electron chi connectivity index (χ1n) is 6.93. The van der Waals surface area contributed by atoms with Gasteiger partial charge < -0.3 is 5.11 Å². The number of hydrogen-bond acceptors (Lipinski definition) is 6. The summed E-state index contributed by atoms with van der Waals surface area (Å²) < 4.78 is 4.14. The number of thioether (sulfide) groups is 1. The van der Waals surface area contributed by atoms with E-state index >= 15 is 0 Å². The molecular weight excluding hydrogens is 316 g/mol. The minimum absolute atomic E-state index is 0.110. The van der Waals surface area contributed by atoms with Crippen molar-refractivity contribution in [1.82, 2.24) is 29.6 Å². The maximum absolute atomic E-state index is 12.1. The lowest BCUT2D eigenvalue weighted by atomic mass is 10.1. The molecular formula is C14H16N6O2S. The Morgan fingerprint density at radius 2 is 2.04 bits per heavy atom. The smallest absolute Gasteiger partial charge is 0.368 e. The molecule has 1 N–H and O–H groups in total. The average Bonchev–Trinajstić information content (AvgIpc) is 3.11. The van der Waals surface area contributed by atoms with E-state index in [-0.39, 0.29) is 12.3 Å². The number of tetrazole rings is 1. The molecule has 3 rings (SSSR count). The molecule has 1 aromatic carbocycles. The van der Waals surface area contributed by atoms with Crippen LogP contribution in [0.2, 0.25) is 0 Å². The molecule has 23 heavy (non-hydrogen) atoms. The van der Waals surface area contributed by atoms with E-state index in [1.54, 1.807) is 23.9 Å². The topological polar surface area (TPSA) is 90.8 Å². The van der Waals surface area contributed by atoms with Crippen LogP contribution < -0.4 is 5.69 Å². The number of rotatable bonds is 5. The molecule has 0 radical (unpaired) electrons. The lowest BCUT2D eigenvalue weighted by Gasteiger charge is -2.11. The Labute approximate surface area is 136 Å². The van der Waals surface area contributed by atoms with Crippen LogP contribution in [0.15, 0.2) is 40.3 Å². The molecule has 0 unspecified atom stereocenters. The predicted octanol–water partition coefficient (Wildman–Crippen LogP) is 0.484. The molecule has 0 saturated carbocycles. The molecule has 2 aromatic heterocycles. The first-order valence-corrected chi connectivity index (χ1v) is 7.92. The Morgan fingerprint density at radius 1 is 1.22 bits per heavy atom. The lowest BCUT2D eigenvalue weighted by Crippen LogP contribution is -2.23. The third-order valence-corrected chi connectivity index (χ3v) is 4.37. The number of benzene rings is 1. The fourth-order valence-corrected chi connectivity index (χ4v) is 3.19. The van der Waals surface area contributed by atoms with Gasteiger partial charge in [-0.3, -0.25) is 4.68 Å². The van der Waals surface area contributed by atoms with Crippen LogP contribution in [-0.2, 0) is 26.5 Å². The highest BCUT2D eigenvalue weighted by atomic mass is 32.2. The van der Waals surface area contributed by atoms with Crippen molar-refractivity contribution < 1.29 is 5.11 Å². The molecule has 0 atom stereocenters. The zero-order chi connectivity index (χ0) is 16.4. The third kappa shape index (κ3) is 3.06. The summed E-state index contributed by atoms with van der Waals surface area (Å²) in [5.41, 5.74) is 1.89. The van der Waals surface area contributed by atoms with E-state index in [1.807, 2.05) is 25.4 Å². The summed E-state index contributed by atoms with van der Waals surface area (Å²) in [7, 11) is 3.40. The summed E-state index contributed by atoms with van der Waals surface area (Å²) in [5.74, 6) is 0.562. The molecule has 0 spiro atoms. The maximum Gasteiger partial charge on any atom is 0.368 e. The van der Waals surface area contributed by atoms with Crippen LogP contribution in [0.1, 0.15) is 11.1 Å². The Bertz CT molecular complexity index is 882. The highest BCUT2D eigenvalue weighted by Gasteiger charge is 2.15. The van der Waals surface area contributed by atoms with E-state index in [4.69, 9.17) is 0 Å². The van der Waals surface area contributed by atoms with Gasteiger partial charge in [0, 0.05) is 26.0 Å². The number of aromatic nitrogens is 6. The van der Waals surface area contributed by atoms with Crippen molar-refractivity contribution >= 4 is 11.8 Å². The number of aliphatic hydroxyl groups is 1. The quantitative estimate of drug-likeness (QED) is 0.684. The van der Waals surface area contributed by atoms with E-state index in [0.29, 0.717) is 11.4 Å². The van der Waals surface area contributed by atoms with E-state index in [0.717, 1.165) is 16.2 Å². The zero-order valence-electron chi connectivity index (χ0n) is 12.7. The second-order valence-corrected chi connectivity index (χ2v) is 5.98. The zero-order valence-corrected chi connectivity index (χ0v) is 13.6. The second-order valence-electron chi connectivity index (χ2n) is 4.99. The highest BCUT2D eigenvalue weighted by molar-refractivity contribution is 7.98. The van der Waals surface area contributed by atoms with Crippen molar-refractivity contribution in [2.24, 2.45) is 14.1 Å². The fraction of sp³-hybridized carbons (Fsp3) is 0.286. The number of aryl methyl sites for hydroxylation is 2. The first-order chi connectivity index (χ1) is 11.1. The molecule has 3 aromatic rings. The molecule has 120 valence electrons. The van der Waals surface area contributed by atoms with Crippen molar-refractivity contribution in [3.63, 3.8) is 0 Å². The number of aliphatic hydroxyl groups excluding tert-OH is 1. The van der Waals surface area contributed by atoms with E-state index in [1.165, 1.54) is 21.1 Å². The summed E-state index contributed by atoms with van der Waals surface area (Å²) in [4.78, 5) is 12.1. The summed E-state index contributed by atoms with van der Waals surface area (Å²) >= 11 is 1.53. The minimum Gasteiger partial charge on any atom is -0.392 e. The third-order valence-electron chi connectivity index (χ3n) is 3.42. The highest BCUT2D eigenvalue weighted by Crippen LogP contribution is 2.27. The van der Waals surface area contributed by atoms with Crippen LogP contribution in [0.5, 0.6) is 0 Å². The van der Waals surface area contributed by atoms with Gasteiger partial charge in [-0.1, -0.05) is 23.9 Å². The van der Waals surface area contributed by atoms with Gasteiger partial charge in [0.25, 0.3) is 0 Å². The van der Waals surface area contributed by atoms with E-state index in [9.17, 15) is 9.90 Å². The van der Waals surface area contributed by atoms with Gasteiger partial charge in [0.05, 0.1) is 12.3 Å². The molecule has 0 saturated heterocycles. The summed E-state index contributed by atoms with van der Waals surface area (Å²) in [6, 6.07) is 7.33. The van der Waals surface area contributed by atoms with Gasteiger partial charge in [-0.05, 0) is 33.7 Å². The molecule has 0 bridgehead atoms. The van der Waals surface area contributed by atoms with Gasteiger partial charge in [-0.15, -0.1) is 0 Å². The van der Waals surface area contributed by atoms with Gasteiger partial charge in [0.1, 0.15) is 5.03 Å². The van der Waals surface area contributed by atoms with Crippen molar-refractivity contribution in [2.75, 3.05) is 0 Å². The molecule has 0 aliphatic rings. The number of hydrogen-bond donors (Lipinski definition) is 1. The van der Waals surface area contributed by atoms with Crippen LogP contribution in [-0.4, -0.2) is 34.7 Å². The Balaban J connectivity index is 2.00. The van der Waals surface area contributed by atoms with Crippen LogP contribution in [0.25, 0.3) is 5.69 Å². The van der Waals surface area contributed by atoms with Crippen molar-refractivity contribution in [3.8, 4) is 5.69 Å².